The van der Waals surface area contributed by atoms with Crippen LogP contribution in [-0.4, -0.2) is 6.23 Å². The minimum absolute atomic E-state index is 0.00472. The van der Waals surface area contributed by atoms with E-state index in [1.807, 2.05) is 25.0 Å². The second-order valence-corrected chi connectivity index (χ2v) is 3.71. The van der Waals surface area contributed by atoms with Gasteiger partial charge in [0.2, 0.25) is 0 Å². The van der Waals surface area contributed by atoms with E-state index in [1.54, 1.807) is 0 Å². The molecule has 0 aromatic heterocycles. The molecule has 1 aromatic rings. The van der Waals surface area contributed by atoms with Crippen LogP contribution in [-0.2, 0) is 11.3 Å². The summed E-state index contributed by atoms with van der Waals surface area (Å²) in [4.78, 5) is 0. The maximum atomic E-state index is 5.74. The number of fused-ring (bicyclic) bond motifs is 1. The molecule has 0 saturated heterocycles. The Morgan fingerprint density at radius 2 is 1.93 bits per heavy atom. The van der Waals surface area contributed by atoms with Crippen LogP contribution >= 0.6 is 0 Å². The molecule has 0 spiro atoms. The Labute approximate surface area is 90.6 Å². The lowest BCUT2D eigenvalue weighted by Crippen LogP contribution is -2.33. The number of para-hydroxylation sites is 1. The molecule has 0 bridgehead atoms. The molecule has 3 rings (SSSR count). The average molecular weight is 198 g/mol. The molecule has 1 unspecified atom stereocenters. The molecular weight excluding hydrogens is 186 g/mol. The van der Waals surface area contributed by atoms with Gasteiger partial charge in [-0.15, -0.1) is 0 Å². The van der Waals surface area contributed by atoms with Crippen LogP contribution in [0.25, 0.3) is 0 Å². The molecule has 1 aliphatic carbocycles. The van der Waals surface area contributed by atoms with E-state index in [4.69, 9.17) is 4.74 Å². The van der Waals surface area contributed by atoms with Crippen molar-refractivity contribution < 1.29 is 4.74 Å². The number of hydrogen-bond acceptors (Lipinski definition) is 2. The summed E-state index contributed by atoms with van der Waals surface area (Å²) in [6.07, 6.45) is 8.20. The van der Waals surface area contributed by atoms with Crippen LogP contribution < -0.4 is 5.32 Å². The largest absolute Gasteiger partial charge is 0.359 e. The van der Waals surface area contributed by atoms with E-state index in [2.05, 4.69) is 30.3 Å². The van der Waals surface area contributed by atoms with Crippen molar-refractivity contribution in [3.63, 3.8) is 0 Å². The van der Waals surface area contributed by atoms with Crippen LogP contribution in [0.2, 0.25) is 0 Å². The summed E-state index contributed by atoms with van der Waals surface area (Å²) in [5, 5.41) is 3.38. The highest BCUT2D eigenvalue weighted by molar-refractivity contribution is 5.55. The molecular formula is C13H12NO. The Hall–Kier alpha value is -1.02. The Bertz CT molecular complexity index is 344. The highest BCUT2D eigenvalue weighted by atomic mass is 16.5. The molecule has 15 heavy (non-hydrogen) atoms. The van der Waals surface area contributed by atoms with Gasteiger partial charge in [-0.3, -0.25) is 0 Å². The summed E-state index contributed by atoms with van der Waals surface area (Å²) in [6, 6.07) is 8.25. The summed E-state index contributed by atoms with van der Waals surface area (Å²) >= 11 is 0. The predicted molar refractivity (Wildman–Crippen MR) is 59.1 cm³/mol. The summed E-state index contributed by atoms with van der Waals surface area (Å²) in [7, 11) is 0. The zero-order valence-electron chi connectivity index (χ0n) is 8.31. The quantitative estimate of drug-likeness (QED) is 0.748. The number of hydrogen-bond donors (Lipinski definition) is 1. The standard InChI is InChI=1S/C13H12NO/c1-2-6-10(5-1)13-14-12-8-4-3-7-11(12)9-15-13/h1-8,13-14H,9H2. The van der Waals surface area contributed by atoms with Gasteiger partial charge in [-0.05, 0) is 31.7 Å². The van der Waals surface area contributed by atoms with Crippen molar-refractivity contribution in [1.29, 1.82) is 0 Å². The van der Waals surface area contributed by atoms with E-state index in [-0.39, 0.29) is 6.23 Å². The molecule has 1 heterocycles. The van der Waals surface area contributed by atoms with Gasteiger partial charge in [0.15, 0.2) is 0 Å². The van der Waals surface area contributed by atoms with Crippen molar-refractivity contribution in [1.82, 2.24) is 0 Å². The first-order chi connectivity index (χ1) is 7.43. The van der Waals surface area contributed by atoms with Crippen LogP contribution in [0.15, 0.2) is 24.3 Å². The fourth-order valence-electron chi connectivity index (χ4n) is 1.89. The molecule has 1 saturated carbocycles. The van der Waals surface area contributed by atoms with Gasteiger partial charge >= 0.3 is 0 Å². The summed E-state index contributed by atoms with van der Waals surface area (Å²) in [5.74, 6) is 1.18. The van der Waals surface area contributed by atoms with Crippen molar-refractivity contribution in [2.24, 2.45) is 0 Å². The Morgan fingerprint density at radius 3 is 2.80 bits per heavy atom. The molecule has 2 nitrogen and oxygen atoms in total. The minimum atomic E-state index is -0.00472. The molecule has 2 aliphatic rings. The summed E-state index contributed by atoms with van der Waals surface area (Å²) in [5.41, 5.74) is 2.40. The first-order valence-corrected chi connectivity index (χ1v) is 5.11. The van der Waals surface area contributed by atoms with E-state index in [1.165, 1.54) is 17.2 Å². The third-order valence-corrected chi connectivity index (χ3v) is 2.70. The van der Waals surface area contributed by atoms with Gasteiger partial charge in [0.1, 0.15) is 6.23 Å². The van der Waals surface area contributed by atoms with Crippen molar-refractivity contribution in [3.05, 3.63) is 61.4 Å². The smallest absolute Gasteiger partial charge is 0.135 e. The maximum Gasteiger partial charge on any atom is 0.135 e. The second kappa shape index (κ2) is 3.86. The fourth-order valence-corrected chi connectivity index (χ4v) is 1.89. The number of ether oxygens (including phenoxy) is 1. The number of nitrogens with one attached hydrogen (secondary N) is 1. The van der Waals surface area contributed by atoms with Gasteiger partial charge < -0.3 is 10.1 Å². The minimum Gasteiger partial charge on any atom is -0.359 e. The molecule has 1 atom stereocenters. The van der Waals surface area contributed by atoms with Gasteiger partial charge in [-0.25, -0.2) is 0 Å². The van der Waals surface area contributed by atoms with Crippen LogP contribution in [0.5, 0.6) is 0 Å². The number of rotatable bonds is 1. The number of benzene rings is 1. The zero-order chi connectivity index (χ0) is 10.1. The van der Waals surface area contributed by atoms with Gasteiger partial charge in [0.05, 0.1) is 6.61 Å². The third-order valence-electron chi connectivity index (χ3n) is 2.70. The van der Waals surface area contributed by atoms with E-state index < -0.39 is 0 Å². The molecule has 1 aromatic carbocycles. The van der Waals surface area contributed by atoms with E-state index in [0.717, 1.165) is 0 Å². The number of anilines is 1. The van der Waals surface area contributed by atoms with Crippen molar-refractivity contribution >= 4 is 5.69 Å². The lowest BCUT2D eigenvalue weighted by Gasteiger charge is -2.30. The van der Waals surface area contributed by atoms with Crippen molar-refractivity contribution in [3.8, 4) is 0 Å². The van der Waals surface area contributed by atoms with Gasteiger partial charge in [0.25, 0.3) is 0 Å². The summed E-state index contributed by atoms with van der Waals surface area (Å²) < 4.78 is 5.74. The summed E-state index contributed by atoms with van der Waals surface area (Å²) in [6.45, 7) is 0.680. The topological polar surface area (TPSA) is 21.3 Å². The highest BCUT2D eigenvalue weighted by Gasteiger charge is 2.29. The Kier molecular flexibility index (Phi) is 2.37. The molecule has 0 amide bonds. The van der Waals surface area contributed by atoms with Gasteiger partial charge in [-0.2, -0.15) is 0 Å². The zero-order valence-corrected chi connectivity index (χ0v) is 8.31. The first-order valence-electron chi connectivity index (χ1n) is 5.11. The highest BCUT2D eigenvalue weighted by Crippen LogP contribution is 2.33. The van der Waals surface area contributed by atoms with Crippen LogP contribution in [0.1, 0.15) is 5.56 Å². The molecule has 5 radical (unpaired) electrons. The van der Waals surface area contributed by atoms with E-state index in [9.17, 15) is 0 Å². The van der Waals surface area contributed by atoms with E-state index in [0.29, 0.717) is 6.61 Å². The van der Waals surface area contributed by atoms with Crippen molar-refractivity contribution in [2.45, 2.75) is 12.8 Å². The monoisotopic (exact) mass is 198 g/mol. The fraction of sp³-hybridized carbons (Fsp3) is 0.154. The normalized spacial score (nSPS) is 26.0. The van der Waals surface area contributed by atoms with Crippen LogP contribution in [0, 0.1) is 31.6 Å². The third kappa shape index (κ3) is 1.74. The predicted octanol–water partition coefficient (Wildman–Crippen LogP) is 2.36. The van der Waals surface area contributed by atoms with Crippen LogP contribution in [0.3, 0.4) is 0 Å². The Balaban J connectivity index is 1.76. The molecule has 1 fully saturated rings. The van der Waals surface area contributed by atoms with Crippen LogP contribution in [0.4, 0.5) is 5.69 Å². The lowest BCUT2D eigenvalue weighted by atomic mass is 10.0. The molecule has 1 N–H and O–H groups in total. The first kappa shape index (κ1) is 9.22. The van der Waals surface area contributed by atoms with Crippen molar-refractivity contribution in [2.75, 3.05) is 5.32 Å². The molecule has 2 heteroatoms. The molecule has 1 aliphatic heterocycles. The van der Waals surface area contributed by atoms with Gasteiger partial charge in [0, 0.05) is 17.2 Å². The van der Waals surface area contributed by atoms with E-state index >= 15 is 0 Å². The average Bonchev–Trinajstić information content (AvgIpc) is 2.82. The lowest BCUT2D eigenvalue weighted by molar-refractivity contribution is 0.0653. The maximum absolute atomic E-state index is 5.74. The van der Waals surface area contributed by atoms with Gasteiger partial charge in [-0.1, -0.05) is 18.2 Å². The Morgan fingerprint density at radius 1 is 1.13 bits per heavy atom. The molecule has 75 valence electrons. The SMILES string of the molecule is [CH]1[CH][CH][C](C2Nc3ccccc3CO2)[CH]1. The second-order valence-electron chi connectivity index (χ2n) is 3.71.